The number of piperazine rings is 1. The summed E-state index contributed by atoms with van der Waals surface area (Å²) in [7, 11) is 1.65. The van der Waals surface area contributed by atoms with Crippen molar-refractivity contribution in [3.63, 3.8) is 0 Å². The SMILES string of the molecule is CNC(=O)CN1CCN(C2=NCC(=Cc3ccc4c(cnn4Cc4ccc(Cl)cc4C(F)(F)F)c3)S2)CC1. The van der Waals surface area contributed by atoms with Gasteiger partial charge in [-0.3, -0.25) is 19.4 Å². The normalized spacial score (nSPS) is 17.9. The molecule has 2 aliphatic rings. The fourth-order valence-corrected chi connectivity index (χ4v) is 5.74. The Morgan fingerprint density at radius 2 is 1.95 bits per heavy atom. The highest BCUT2D eigenvalue weighted by Crippen LogP contribution is 2.35. The van der Waals surface area contributed by atoms with Gasteiger partial charge in [0.15, 0.2) is 5.17 Å². The minimum absolute atomic E-state index is 0.0145. The molecule has 1 N–H and O–H groups in total. The second-order valence-corrected chi connectivity index (χ2v) is 10.7. The van der Waals surface area contributed by atoms with Crippen LogP contribution < -0.4 is 5.32 Å². The van der Waals surface area contributed by atoms with E-state index in [0.717, 1.165) is 58.8 Å². The summed E-state index contributed by atoms with van der Waals surface area (Å²) in [5.74, 6) is 0.0230. The number of nitrogens with zero attached hydrogens (tertiary/aromatic N) is 5. The van der Waals surface area contributed by atoms with Gasteiger partial charge in [-0.25, -0.2) is 0 Å². The molecule has 1 fully saturated rings. The number of carbonyl (C=O) groups excluding carboxylic acids is 1. The van der Waals surface area contributed by atoms with E-state index in [4.69, 9.17) is 16.6 Å². The number of hydrogen-bond acceptors (Lipinski definition) is 6. The van der Waals surface area contributed by atoms with Gasteiger partial charge in [0, 0.05) is 48.5 Å². The van der Waals surface area contributed by atoms with Crippen LogP contribution in [-0.4, -0.2) is 77.0 Å². The fraction of sp³-hybridized carbons (Fsp3) is 0.346. The van der Waals surface area contributed by atoms with E-state index in [1.54, 1.807) is 29.7 Å². The Bertz CT molecular complexity index is 1410. The molecular weight excluding hydrogens is 537 g/mol. The van der Waals surface area contributed by atoms with Crippen LogP contribution in [0.3, 0.4) is 0 Å². The number of benzene rings is 2. The number of amidine groups is 1. The van der Waals surface area contributed by atoms with Gasteiger partial charge < -0.3 is 10.2 Å². The number of fused-ring (bicyclic) bond motifs is 1. The number of alkyl halides is 3. The monoisotopic (exact) mass is 562 g/mol. The summed E-state index contributed by atoms with van der Waals surface area (Å²) < 4.78 is 42.1. The molecular formula is C26H26ClF3N6OS. The zero-order valence-electron chi connectivity index (χ0n) is 20.6. The van der Waals surface area contributed by atoms with Crippen LogP contribution >= 0.6 is 23.4 Å². The highest BCUT2D eigenvalue weighted by atomic mass is 35.5. The molecule has 0 saturated carbocycles. The zero-order valence-corrected chi connectivity index (χ0v) is 22.2. The molecule has 7 nitrogen and oxygen atoms in total. The van der Waals surface area contributed by atoms with Gasteiger partial charge in [-0.05, 0) is 41.5 Å². The molecule has 0 radical (unpaired) electrons. The van der Waals surface area contributed by atoms with Crippen molar-refractivity contribution in [3.05, 3.63) is 69.2 Å². The summed E-state index contributed by atoms with van der Waals surface area (Å²) in [6.07, 6.45) is -0.745. The average Bonchev–Trinajstić information content (AvgIpc) is 3.52. The number of aliphatic imine (C=N–C) groups is 1. The number of rotatable bonds is 5. The number of thioether (sulfide) groups is 1. The highest BCUT2D eigenvalue weighted by molar-refractivity contribution is 8.17. The molecule has 200 valence electrons. The van der Waals surface area contributed by atoms with Gasteiger partial charge in [0.2, 0.25) is 5.91 Å². The lowest BCUT2D eigenvalue weighted by Crippen LogP contribution is -2.50. The molecule has 3 heterocycles. The molecule has 38 heavy (non-hydrogen) atoms. The van der Waals surface area contributed by atoms with E-state index in [9.17, 15) is 18.0 Å². The van der Waals surface area contributed by atoms with Gasteiger partial charge in [-0.1, -0.05) is 35.5 Å². The van der Waals surface area contributed by atoms with Crippen LogP contribution in [0.4, 0.5) is 13.2 Å². The molecule has 2 aromatic carbocycles. The molecule has 5 rings (SSSR count). The van der Waals surface area contributed by atoms with Crippen molar-refractivity contribution in [2.24, 2.45) is 4.99 Å². The van der Waals surface area contributed by atoms with Crippen molar-refractivity contribution >= 4 is 51.4 Å². The minimum Gasteiger partial charge on any atom is -0.358 e. The van der Waals surface area contributed by atoms with Crippen LogP contribution in [0, 0.1) is 0 Å². The third kappa shape index (κ3) is 6.00. The summed E-state index contributed by atoms with van der Waals surface area (Å²) in [6.45, 7) is 4.28. The van der Waals surface area contributed by atoms with Crippen LogP contribution in [0.25, 0.3) is 17.0 Å². The second-order valence-electron chi connectivity index (χ2n) is 9.17. The summed E-state index contributed by atoms with van der Waals surface area (Å²) in [5.41, 5.74) is 1.09. The predicted molar refractivity (Wildman–Crippen MR) is 145 cm³/mol. The van der Waals surface area contributed by atoms with Gasteiger partial charge >= 0.3 is 6.18 Å². The molecule has 12 heteroatoms. The third-order valence-electron chi connectivity index (χ3n) is 6.57. The number of nitrogens with one attached hydrogen (secondary N) is 1. The number of aromatic nitrogens is 2. The first-order valence-electron chi connectivity index (χ1n) is 12.1. The van der Waals surface area contributed by atoms with E-state index in [1.165, 1.54) is 12.1 Å². The van der Waals surface area contributed by atoms with Gasteiger partial charge in [-0.15, -0.1) is 0 Å². The quantitative estimate of drug-likeness (QED) is 0.494. The Labute approximate surface area is 227 Å². The Morgan fingerprint density at radius 3 is 2.68 bits per heavy atom. The van der Waals surface area contributed by atoms with E-state index in [0.29, 0.717) is 13.1 Å². The first-order valence-corrected chi connectivity index (χ1v) is 13.3. The zero-order chi connectivity index (χ0) is 26.9. The summed E-state index contributed by atoms with van der Waals surface area (Å²) in [4.78, 5) is 21.8. The molecule has 3 aromatic rings. The smallest absolute Gasteiger partial charge is 0.358 e. The Morgan fingerprint density at radius 1 is 1.16 bits per heavy atom. The van der Waals surface area contributed by atoms with Gasteiger partial charge in [-0.2, -0.15) is 18.3 Å². The lowest BCUT2D eigenvalue weighted by molar-refractivity contribution is -0.138. The van der Waals surface area contributed by atoms with Crippen molar-refractivity contribution in [1.29, 1.82) is 0 Å². The lowest BCUT2D eigenvalue weighted by atomic mass is 10.1. The molecule has 0 bridgehead atoms. The molecule has 0 atom stereocenters. The molecule has 1 saturated heterocycles. The highest BCUT2D eigenvalue weighted by Gasteiger charge is 2.33. The molecule has 0 aliphatic carbocycles. The standard InChI is InChI=1S/C26H26ClF3N6OS/c1-31-24(37)16-34-6-8-35(9-7-34)25-32-14-21(38-25)11-17-2-5-23-19(10-17)13-33-36(23)15-18-3-4-20(27)12-22(18)26(28,29)30/h2-5,10-13H,6-9,14-16H2,1H3,(H,31,37). The summed E-state index contributed by atoms with van der Waals surface area (Å²) in [6, 6.07) is 9.61. The van der Waals surface area contributed by atoms with Crippen molar-refractivity contribution < 1.29 is 18.0 Å². The van der Waals surface area contributed by atoms with E-state index in [-0.39, 0.29) is 23.0 Å². The van der Waals surface area contributed by atoms with Crippen molar-refractivity contribution in [1.82, 2.24) is 24.9 Å². The molecule has 0 unspecified atom stereocenters. The number of halogens is 4. The van der Waals surface area contributed by atoms with Crippen molar-refractivity contribution in [2.45, 2.75) is 12.7 Å². The number of likely N-dealkylation sites (N-methyl/N-ethyl adjacent to an activating group) is 1. The largest absolute Gasteiger partial charge is 0.416 e. The first-order chi connectivity index (χ1) is 18.2. The van der Waals surface area contributed by atoms with Crippen LogP contribution in [-0.2, 0) is 17.5 Å². The fourth-order valence-electron chi connectivity index (χ4n) is 4.57. The van der Waals surface area contributed by atoms with Crippen LogP contribution in [0.5, 0.6) is 0 Å². The van der Waals surface area contributed by atoms with E-state index >= 15 is 0 Å². The molecule has 1 amide bonds. The Hall–Kier alpha value is -3.02. The van der Waals surface area contributed by atoms with Crippen molar-refractivity contribution in [2.75, 3.05) is 46.3 Å². The van der Waals surface area contributed by atoms with Crippen LogP contribution in [0.2, 0.25) is 5.02 Å². The minimum atomic E-state index is -4.50. The van der Waals surface area contributed by atoms with Crippen LogP contribution in [0.15, 0.2) is 52.5 Å². The van der Waals surface area contributed by atoms with Gasteiger partial charge in [0.25, 0.3) is 0 Å². The topological polar surface area (TPSA) is 65.8 Å². The Balaban J connectivity index is 1.24. The maximum absolute atomic E-state index is 13.5. The maximum atomic E-state index is 13.5. The Kier molecular flexibility index (Phi) is 7.69. The third-order valence-corrected chi connectivity index (χ3v) is 7.89. The van der Waals surface area contributed by atoms with E-state index in [1.807, 2.05) is 18.2 Å². The maximum Gasteiger partial charge on any atom is 0.416 e. The summed E-state index contributed by atoms with van der Waals surface area (Å²) >= 11 is 7.46. The lowest BCUT2D eigenvalue weighted by Gasteiger charge is -2.34. The number of hydrogen-bond donors (Lipinski definition) is 1. The molecule has 0 spiro atoms. The molecule has 2 aliphatic heterocycles. The number of carbonyl (C=O) groups is 1. The predicted octanol–water partition coefficient (Wildman–Crippen LogP) is 4.56. The van der Waals surface area contributed by atoms with Gasteiger partial charge in [0.1, 0.15) is 0 Å². The van der Waals surface area contributed by atoms with Crippen molar-refractivity contribution in [3.8, 4) is 0 Å². The van der Waals surface area contributed by atoms with Gasteiger partial charge in [0.05, 0.1) is 36.9 Å². The van der Waals surface area contributed by atoms with E-state index in [2.05, 4.69) is 26.3 Å². The summed E-state index contributed by atoms with van der Waals surface area (Å²) in [5, 5.41) is 8.89. The van der Waals surface area contributed by atoms with Crippen LogP contribution in [0.1, 0.15) is 16.7 Å². The molecule has 1 aromatic heterocycles. The van der Waals surface area contributed by atoms with E-state index < -0.39 is 11.7 Å². The second kappa shape index (κ2) is 11.0. The number of amides is 1. The average molecular weight is 563 g/mol. The first kappa shape index (κ1) is 26.6.